The SMILES string of the molecule is CCCCCCCCCC(CC)SC(SC(CC)CCCCCCCCC)C(SC(CC)CCCCCCCCC)(SC(CC)CCCCCCCCC)C(=O)OCC(CO)(CO)CO. The second-order valence-corrected chi connectivity index (χ2v) is 26.3. The van der Waals surface area contributed by atoms with Gasteiger partial charge in [-0.1, -0.05) is 235 Å². The van der Waals surface area contributed by atoms with E-state index >= 15 is 4.79 Å². The lowest BCUT2D eigenvalue weighted by atomic mass is 9.93. The maximum absolute atomic E-state index is 15.7. The number of aliphatic hydroxyl groups is 3. The van der Waals surface area contributed by atoms with E-state index in [-0.39, 0.29) is 17.2 Å². The molecule has 0 aliphatic carbocycles. The topological polar surface area (TPSA) is 87.0 Å². The molecule has 0 aliphatic rings. The highest BCUT2D eigenvalue weighted by atomic mass is 32.2. The zero-order chi connectivity index (χ0) is 48.3. The predicted octanol–water partition coefficient (Wildman–Crippen LogP) is 18.1. The summed E-state index contributed by atoms with van der Waals surface area (Å²) in [4.78, 5) is 15.7. The highest BCUT2D eigenvalue weighted by Gasteiger charge is 2.53. The Morgan fingerprint density at radius 3 is 0.923 bits per heavy atom. The van der Waals surface area contributed by atoms with E-state index in [1.54, 1.807) is 0 Å². The van der Waals surface area contributed by atoms with E-state index in [4.69, 9.17) is 4.74 Å². The highest BCUT2D eigenvalue weighted by molar-refractivity contribution is 8.25. The summed E-state index contributed by atoms with van der Waals surface area (Å²) in [6, 6.07) is 0. The van der Waals surface area contributed by atoms with Crippen LogP contribution in [0.15, 0.2) is 0 Å². The number of hydrogen-bond donors (Lipinski definition) is 3. The number of carbonyl (C=O) groups excluding carboxylic acids is 1. The van der Waals surface area contributed by atoms with Crippen molar-refractivity contribution in [3.05, 3.63) is 0 Å². The molecule has 9 heteroatoms. The van der Waals surface area contributed by atoms with Crippen LogP contribution in [0.2, 0.25) is 0 Å². The van der Waals surface area contributed by atoms with Crippen LogP contribution in [0, 0.1) is 5.41 Å². The lowest BCUT2D eigenvalue weighted by Crippen LogP contribution is -2.48. The van der Waals surface area contributed by atoms with Crippen LogP contribution in [0.4, 0.5) is 0 Å². The molecule has 4 unspecified atom stereocenters. The lowest BCUT2D eigenvalue weighted by molar-refractivity contribution is -0.151. The molecule has 0 saturated carbocycles. The van der Waals surface area contributed by atoms with Crippen molar-refractivity contribution < 1.29 is 24.9 Å². The second kappa shape index (κ2) is 45.9. The standard InChI is InChI=1S/C56H112O5S4/c1-9-17-21-25-29-33-37-41-49(13-5)62-54(63-50(14-6)42-38-34-30-26-22-18-10-2)56(53(60)61-48-55(45-57,46-58)47-59,64-51(15-7)43-39-35-31-27-23-19-11-3)65-52(16-8)44-40-36-32-28-24-20-12-4/h49-52,54,57-59H,9-48H2,1-8H3. The van der Waals surface area contributed by atoms with Crippen LogP contribution >= 0.6 is 47.0 Å². The molecule has 65 heavy (non-hydrogen) atoms. The molecule has 0 radical (unpaired) electrons. The van der Waals surface area contributed by atoms with Gasteiger partial charge < -0.3 is 20.1 Å². The van der Waals surface area contributed by atoms with E-state index in [1.807, 2.05) is 23.5 Å². The van der Waals surface area contributed by atoms with E-state index in [0.29, 0.717) is 21.0 Å². The normalized spacial score (nSPS) is 15.4. The van der Waals surface area contributed by atoms with Gasteiger partial charge in [-0.3, -0.25) is 0 Å². The highest BCUT2D eigenvalue weighted by Crippen LogP contribution is 2.57. The van der Waals surface area contributed by atoms with Crippen LogP contribution in [-0.2, 0) is 9.53 Å². The van der Waals surface area contributed by atoms with Gasteiger partial charge in [-0.25, -0.2) is 4.79 Å². The fraction of sp³-hybridized carbons (Fsp3) is 0.982. The summed E-state index contributed by atoms with van der Waals surface area (Å²) in [5.41, 5.74) is -1.28. The molecule has 3 N–H and O–H groups in total. The van der Waals surface area contributed by atoms with Gasteiger partial charge in [0.1, 0.15) is 6.61 Å². The number of rotatable bonds is 51. The Bertz CT molecular complexity index is 951. The molecule has 0 aromatic rings. The van der Waals surface area contributed by atoms with Crippen molar-refractivity contribution >= 4 is 53.0 Å². The largest absolute Gasteiger partial charge is 0.463 e. The molecule has 0 amide bonds. The van der Waals surface area contributed by atoms with Crippen molar-refractivity contribution in [1.82, 2.24) is 0 Å². The van der Waals surface area contributed by atoms with Gasteiger partial charge in [0.05, 0.1) is 29.8 Å². The molecular formula is C56H112O5S4. The van der Waals surface area contributed by atoms with Gasteiger partial charge in [-0.2, -0.15) is 0 Å². The minimum atomic E-state index is -1.28. The fourth-order valence-electron chi connectivity index (χ4n) is 8.74. The molecule has 4 atom stereocenters. The Balaban J connectivity index is 7.32. The fourth-order valence-corrected chi connectivity index (χ4v) is 17.0. The first-order chi connectivity index (χ1) is 31.7. The summed E-state index contributed by atoms with van der Waals surface area (Å²) >= 11 is 8.08. The zero-order valence-corrected chi connectivity index (χ0v) is 47.7. The maximum atomic E-state index is 15.7. The van der Waals surface area contributed by atoms with Crippen molar-refractivity contribution in [2.45, 2.75) is 316 Å². The number of thioether (sulfide) groups is 4. The first kappa shape index (κ1) is 65.8. The van der Waals surface area contributed by atoms with Crippen molar-refractivity contribution in [3.63, 3.8) is 0 Å². The summed E-state index contributed by atoms with van der Waals surface area (Å²) in [6.45, 7) is 17.0. The Hall–Kier alpha value is 0.750. The van der Waals surface area contributed by atoms with Crippen molar-refractivity contribution in [3.8, 4) is 0 Å². The smallest absolute Gasteiger partial charge is 0.334 e. The average molecular weight is 994 g/mol. The molecule has 0 aromatic heterocycles. The van der Waals surface area contributed by atoms with Crippen LogP contribution in [0.3, 0.4) is 0 Å². The molecule has 0 rings (SSSR count). The summed E-state index contributed by atoms with van der Waals surface area (Å²) in [5.74, 6) is -0.204. The van der Waals surface area contributed by atoms with Crippen LogP contribution in [0.1, 0.15) is 287 Å². The number of esters is 1. The van der Waals surface area contributed by atoms with Crippen molar-refractivity contribution in [2.75, 3.05) is 26.4 Å². The quantitative estimate of drug-likeness (QED) is 0.0313. The average Bonchev–Trinajstić information content (AvgIpc) is 3.33. The molecule has 5 nitrogen and oxygen atoms in total. The van der Waals surface area contributed by atoms with Crippen LogP contribution in [-0.4, -0.2) is 77.4 Å². The molecular weight excluding hydrogens is 881 g/mol. The van der Waals surface area contributed by atoms with Gasteiger partial charge >= 0.3 is 5.97 Å². The molecule has 0 heterocycles. The van der Waals surface area contributed by atoms with Gasteiger partial charge in [0.15, 0.2) is 4.08 Å². The molecule has 390 valence electrons. The Morgan fingerprint density at radius 1 is 0.400 bits per heavy atom. The molecule has 0 aromatic carbocycles. The van der Waals surface area contributed by atoms with Crippen LogP contribution in [0.5, 0.6) is 0 Å². The summed E-state index contributed by atoms with van der Waals surface area (Å²) in [5, 5.41) is 32.9. The third-order valence-corrected chi connectivity index (χ3v) is 22.0. The van der Waals surface area contributed by atoms with Gasteiger partial charge in [-0.15, -0.1) is 47.0 Å². The lowest BCUT2D eigenvalue weighted by Gasteiger charge is -2.43. The van der Waals surface area contributed by atoms with Crippen LogP contribution in [0.25, 0.3) is 0 Å². The Labute approximate surface area is 423 Å². The van der Waals surface area contributed by atoms with E-state index in [2.05, 4.69) is 78.9 Å². The summed E-state index contributed by atoms with van der Waals surface area (Å²) in [6.07, 6.45) is 44.8. The molecule has 0 spiro atoms. The number of carbonyl (C=O) groups is 1. The predicted molar refractivity (Wildman–Crippen MR) is 298 cm³/mol. The molecule has 0 saturated heterocycles. The molecule has 0 bridgehead atoms. The number of hydrogen-bond acceptors (Lipinski definition) is 9. The Morgan fingerprint density at radius 2 is 0.662 bits per heavy atom. The van der Waals surface area contributed by atoms with Gasteiger partial charge in [0.25, 0.3) is 0 Å². The third-order valence-electron chi connectivity index (χ3n) is 13.8. The van der Waals surface area contributed by atoms with Crippen LogP contribution < -0.4 is 0 Å². The maximum Gasteiger partial charge on any atom is 0.334 e. The first-order valence-corrected chi connectivity index (χ1v) is 32.0. The van der Waals surface area contributed by atoms with E-state index < -0.39 is 29.3 Å². The van der Waals surface area contributed by atoms with Gasteiger partial charge in [0, 0.05) is 21.0 Å². The van der Waals surface area contributed by atoms with Gasteiger partial charge in [0.2, 0.25) is 0 Å². The monoisotopic (exact) mass is 993 g/mol. The second-order valence-electron chi connectivity index (χ2n) is 19.8. The summed E-state index contributed by atoms with van der Waals surface area (Å²) in [7, 11) is 0. The zero-order valence-electron chi connectivity index (χ0n) is 44.5. The minimum absolute atomic E-state index is 0.0213. The van der Waals surface area contributed by atoms with E-state index in [1.165, 1.54) is 193 Å². The van der Waals surface area contributed by atoms with Crippen molar-refractivity contribution in [1.29, 1.82) is 0 Å². The number of unbranched alkanes of at least 4 members (excludes halogenated alkanes) is 24. The molecule has 0 aliphatic heterocycles. The number of ether oxygens (including phenoxy) is 1. The minimum Gasteiger partial charge on any atom is -0.463 e. The molecule has 0 fully saturated rings. The number of aliphatic hydroxyl groups excluding tert-OH is 3. The van der Waals surface area contributed by atoms with E-state index in [9.17, 15) is 15.3 Å². The third kappa shape index (κ3) is 31.7. The van der Waals surface area contributed by atoms with E-state index in [0.717, 1.165) is 38.5 Å². The van der Waals surface area contributed by atoms with Gasteiger partial charge in [-0.05, 0) is 51.4 Å². The first-order valence-electron chi connectivity index (χ1n) is 28.3. The van der Waals surface area contributed by atoms with Crippen molar-refractivity contribution in [2.24, 2.45) is 5.41 Å². The summed E-state index contributed by atoms with van der Waals surface area (Å²) < 4.78 is 5.61. The Kier molecular flexibility index (Phi) is 46.4.